The number of hydrogen-bond donors (Lipinski definition) is 2. The lowest BCUT2D eigenvalue weighted by Crippen LogP contribution is -2.45. The quantitative estimate of drug-likeness (QED) is 0.461. The smallest absolute Gasteiger partial charge is 0.414 e. The third-order valence-electron chi connectivity index (χ3n) is 5.64. The van der Waals surface area contributed by atoms with Crippen molar-refractivity contribution in [1.82, 2.24) is 4.90 Å². The van der Waals surface area contributed by atoms with Gasteiger partial charge in [0.25, 0.3) is 0 Å². The first kappa shape index (κ1) is 25.9. The summed E-state index contributed by atoms with van der Waals surface area (Å²) in [6.45, 7) is 10.8. The number of aryl methyl sites for hydroxylation is 1. The van der Waals surface area contributed by atoms with E-state index in [0.717, 1.165) is 25.3 Å². The van der Waals surface area contributed by atoms with Crippen LogP contribution in [0.1, 0.15) is 50.2 Å². The molecule has 0 aliphatic carbocycles. The van der Waals surface area contributed by atoms with Gasteiger partial charge in [0.2, 0.25) is 0 Å². The van der Waals surface area contributed by atoms with E-state index in [0.29, 0.717) is 12.0 Å². The number of methoxy groups -OCH3 is 1. The number of unbranched alkanes of at least 4 members (excludes halogenated alkanes) is 2. The Morgan fingerprint density at radius 3 is 2.47 bits per heavy atom. The average molecular weight is 424 g/mol. The summed E-state index contributed by atoms with van der Waals surface area (Å²) in [5.74, 6) is -2.01. The highest BCUT2D eigenvalue weighted by Gasteiger charge is 2.28. The van der Waals surface area contributed by atoms with Crippen LogP contribution in [0.5, 0.6) is 5.75 Å². The zero-order valence-electron chi connectivity index (χ0n) is 18.7. The highest BCUT2D eigenvalue weighted by atomic mass is 16.5. The lowest BCUT2D eigenvalue weighted by molar-refractivity contribution is -0.159. The Morgan fingerprint density at radius 1 is 1.17 bits per heavy atom. The molecule has 2 atom stereocenters. The van der Waals surface area contributed by atoms with Crippen LogP contribution in [-0.2, 0) is 14.3 Å². The molecule has 1 heterocycles. The topological polar surface area (TPSA) is 96.3 Å². The number of carboxylic acid groups (broad SMARTS) is 2. The van der Waals surface area contributed by atoms with Gasteiger partial charge in [0.05, 0.1) is 12.7 Å². The fraction of sp³-hybridized carbons (Fsp3) is 0.652. The van der Waals surface area contributed by atoms with Crippen molar-refractivity contribution in [1.29, 1.82) is 0 Å². The highest BCUT2D eigenvalue weighted by molar-refractivity contribution is 6.27. The third-order valence-corrected chi connectivity index (χ3v) is 5.64. The summed E-state index contributed by atoms with van der Waals surface area (Å²) in [5.41, 5.74) is 2.55. The van der Waals surface area contributed by atoms with Crippen molar-refractivity contribution in [2.75, 3.05) is 33.4 Å². The number of piperidine rings is 1. The fourth-order valence-electron chi connectivity index (χ4n) is 3.62. The van der Waals surface area contributed by atoms with Gasteiger partial charge in [-0.25, -0.2) is 9.59 Å². The predicted octanol–water partition coefficient (Wildman–Crippen LogP) is 3.76. The lowest BCUT2D eigenvalue weighted by atomic mass is 9.90. The molecule has 1 aromatic carbocycles. The Kier molecular flexibility index (Phi) is 12.1. The highest BCUT2D eigenvalue weighted by Crippen LogP contribution is 2.25. The predicted molar refractivity (Wildman–Crippen MR) is 116 cm³/mol. The van der Waals surface area contributed by atoms with Crippen LogP contribution >= 0.6 is 0 Å². The Hall–Kier alpha value is -2.12. The van der Waals surface area contributed by atoms with Crippen molar-refractivity contribution in [3.8, 4) is 5.75 Å². The van der Waals surface area contributed by atoms with Gasteiger partial charge in [0.1, 0.15) is 5.75 Å². The molecule has 0 radical (unpaired) electrons. The average Bonchev–Trinajstić information content (AvgIpc) is 2.72. The Labute approximate surface area is 180 Å². The van der Waals surface area contributed by atoms with Crippen molar-refractivity contribution in [3.63, 3.8) is 0 Å². The number of carbonyl (C=O) groups is 2. The first-order chi connectivity index (χ1) is 14.3. The largest absolute Gasteiger partial charge is 0.493 e. The summed E-state index contributed by atoms with van der Waals surface area (Å²) in [6, 6.07) is 6.29. The van der Waals surface area contributed by atoms with Crippen LogP contribution in [0, 0.1) is 19.8 Å². The van der Waals surface area contributed by atoms with Crippen molar-refractivity contribution < 1.29 is 29.3 Å². The number of rotatable bonds is 9. The molecule has 2 rings (SSSR count). The Morgan fingerprint density at radius 2 is 1.87 bits per heavy atom. The molecule has 1 saturated heterocycles. The maximum absolute atomic E-state index is 9.10. The van der Waals surface area contributed by atoms with Gasteiger partial charge in [0.15, 0.2) is 0 Å². The molecule has 0 unspecified atom stereocenters. The molecular weight excluding hydrogens is 386 g/mol. The van der Waals surface area contributed by atoms with E-state index in [2.05, 4.69) is 43.9 Å². The molecule has 0 saturated carbocycles. The molecule has 7 nitrogen and oxygen atoms in total. The van der Waals surface area contributed by atoms with Gasteiger partial charge in [-0.2, -0.15) is 0 Å². The zero-order valence-corrected chi connectivity index (χ0v) is 18.7. The molecular formula is C23H37NO6. The molecule has 1 aliphatic heterocycles. The second kappa shape index (κ2) is 14.0. The maximum atomic E-state index is 9.10. The molecule has 30 heavy (non-hydrogen) atoms. The number of ether oxygens (including phenoxy) is 2. The van der Waals surface area contributed by atoms with Crippen molar-refractivity contribution >= 4 is 11.9 Å². The Bertz CT molecular complexity index is 651. The van der Waals surface area contributed by atoms with Crippen LogP contribution in [0.15, 0.2) is 18.2 Å². The number of carboxylic acids is 2. The van der Waals surface area contributed by atoms with E-state index in [-0.39, 0.29) is 0 Å². The molecule has 1 aromatic rings. The number of hydrogen-bond acceptors (Lipinski definition) is 5. The van der Waals surface area contributed by atoms with Crippen LogP contribution in [0.3, 0.4) is 0 Å². The number of aliphatic carboxylic acids is 2. The van der Waals surface area contributed by atoms with Crippen molar-refractivity contribution in [3.05, 3.63) is 29.3 Å². The second-order valence-electron chi connectivity index (χ2n) is 7.78. The van der Waals surface area contributed by atoms with Crippen molar-refractivity contribution in [2.24, 2.45) is 5.92 Å². The van der Waals surface area contributed by atoms with Gasteiger partial charge >= 0.3 is 11.9 Å². The van der Waals surface area contributed by atoms with Gasteiger partial charge in [-0.05, 0) is 69.3 Å². The number of likely N-dealkylation sites (tertiary alicyclic amines) is 1. The fourth-order valence-corrected chi connectivity index (χ4v) is 3.62. The number of nitrogens with zero attached hydrogens (tertiary/aromatic N) is 1. The maximum Gasteiger partial charge on any atom is 0.414 e. The summed E-state index contributed by atoms with van der Waals surface area (Å²) in [4.78, 5) is 20.8. The van der Waals surface area contributed by atoms with E-state index in [1.165, 1.54) is 49.9 Å². The normalized spacial score (nSPS) is 18.9. The standard InChI is InChI=1S/C21H35NO2.C2H2O4/c1-5-6-7-13-22-14-11-19(21(16-22)23-4)12-15-24-20-10-8-9-17(2)18(20)3;3-1(4)2(5)6/h8-10,19,21H,5-7,11-16H2,1-4H3;(H,3,4)(H,5,6)/t19-,21+;/m0./s1. The van der Waals surface area contributed by atoms with Crippen LogP contribution in [0.2, 0.25) is 0 Å². The molecule has 0 amide bonds. The minimum Gasteiger partial charge on any atom is -0.493 e. The van der Waals surface area contributed by atoms with Crippen LogP contribution in [0.25, 0.3) is 0 Å². The van der Waals surface area contributed by atoms with E-state index in [4.69, 9.17) is 29.3 Å². The molecule has 2 N–H and O–H groups in total. The minimum absolute atomic E-state index is 0.350. The second-order valence-corrected chi connectivity index (χ2v) is 7.78. The zero-order chi connectivity index (χ0) is 22.5. The van der Waals surface area contributed by atoms with E-state index in [1.54, 1.807) is 0 Å². The summed E-state index contributed by atoms with van der Waals surface area (Å²) in [5, 5.41) is 14.8. The minimum atomic E-state index is -1.82. The first-order valence-corrected chi connectivity index (χ1v) is 10.7. The third kappa shape index (κ3) is 9.13. The Balaban J connectivity index is 0.000000656. The molecule has 1 fully saturated rings. The molecule has 0 aromatic heterocycles. The summed E-state index contributed by atoms with van der Waals surface area (Å²) >= 11 is 0. The SMILES string of the molecule is CCCCCN1CC[C@@H](CCOc2cccc(C)c2C)[C@H](OC)C1.O=C(O)C(=O)O. The van der Waals surface area contributed by atoms with Gasteiger partial charge in [-0.1, -0.05) is 31.9 Å². The molecule has 0 bridgehead atoms. The summed E-state index contributed by atoms with van der Waals surface area (Å²) in [6.07, 6.45) is 6.59. The lowest BCUT2D eigenvalue weighted by Gasteiger charge is -2.37. The van der Waals surface area contributed by atoms with Gasteiger partial charge in [0, 0.05) is 13.7 Å². The molecule has 1 aliphatic rings. The van der Waals surface area contributed by atoms with E-state index in [1.807, 2.05) is 7.11 Å². The van der Waals surface area contributed by atoms with Gasteiger partial charge < -0.3 is 24.6 Å². The van der Waals surface area contributed by atoms with E-state index < -0.39 is 11.9 Å². The molecule has 7 heteroatoms. The van der Waals surface area contributed by atoms with Gasteiger partial charge in [-0.15, -0.1) is 0 Å². The van der Waals surface area contributed by atoms with E-state index in [9.17, 15) is 0 Å². The molecule has 0 spiro atoms. The van der Waals surface area contributed by atoms with Gasteiger partial charge in [-0.3, -0.25) is 0 Å². The summed E-state index contributed by atoms with van der Waals surface area (Å²) in [7, 11) is 1.86. The van der Waals surface area contributed by atoms with Crippen molar-refractivity contribution in [2.45, 2.75) is 59.0 Å². The summed E-state index contributed by atoms with van der Waals surface area (Å²) < 4.78 is 11.8. The molecule has 170 valence electrons. The van der Waals surface area contributed by atoms with Crippen LogP contribution in [0.4, 0.5) is 0 Å². The van der Waals surface area contributed by atoms with E-state index >= 15 is 0 Å². The monoisotopic (exact) mass is 423 g/mol. The number of benzene rings is 1. The first-order valence-electron chi connectivity index (χ1n) is 10.7. The van der Waals surface area contributed by atoms with Crippen LogP contribution < -0.4 is 4.74 Å². The van der Waals surface area contributed by atoms with Crippen LogP contribution in [-0.4, -0.2) is 66.5 Å².